The smallest absolute Gasteiger partial charge is 0.409 e. The highest BCUT2D eigenvalue weighted by Gasteiger charge is 2.54. The van der Waals surface area contributed by atoms with E-state index in [0.717, 1.165) is 29.9 Å². The SMILES string of the molecule is CCCCOC(=O)N(C)CCCn1cnc2c1ccc[n+]2CC1=C(C(=O)O)N2C(=O)C(NC(=O)/C(=N/OCC)c3nsc(N)n3)C2SC1. The number of anilines is 1. The van der Waals surface area contributed by atoms with Crippen molar-refractivity contribution in [3.63, 3.8) is 0 Å². The molecule has 5 rings (SSSR count). The van der Waals surface area contributed by atoms with E-state index in [0.29, 0.717) is 43.1 Å². The molecular weight excluding hydrogens is 665 g/mol. The molecule has 1 saturated heterocycles. The van der Waals surface area contributed by atoms with Crippen LogP contribution >= 0.6 is 23.3 Å². The van der Waals surface area contributed by atoms with Gasteiger partial charge in [-0.25, -0.2) is 14.2 Å². The number of carboxylic acids is 1. The number of nitrogens with zero attached hydrogens (tertiary/aromatic N) is 8. The Morgan fingerprint density at radius 3 is 2.81 bits per heavy atom. The summed E-state index contributed by atoms with van der Waals surface area (Å²) >= 11 is 2.22. The zero-order chi connectivity index (χ0) is 34.4. The molecule has 0 radical (unpaired) electrons. The van der Waals surface area contributed by atoms with Crippen LogP contribution in [0.15, 0.2) is 41.1 Å². The molecule has 2 aliphatic rings. The topological polar surface area (TPSA) is 211 Å². The van der Waals surface area contributed by atoms with Gasteiger partial charge in [0.1, 0.15) is 35.8 Å². The zero-order valence-corrected chi connectivity index (χ0v) is 28.3. The van der Waals surface area contributed by atoms with E-state index in [9.17, 15) is 24.3 Å². The first-order valence-electron chi connectivity index (χ1n) is 15.4. The Balaban J connectivity index is 1.27. The highest BCUT2D eigenvalue weighted by Crippen LogP contribution is 2.40. The lowest BCUT2D eigenvalue weighted by atomic mass is 10.0. The second-order valence-corrected chi connectivity index (χ2v) is 12.8. The third-order valence-electron chi connectivity index (χ3n) is 7.63. The van der Waals surface area contributed by atoms with Crippen LogP contribution in [0.1, 0.15) is 38.9 Å². The second kappa shape index (κ2) is 15.4. The molecule has 0 spiro atoms. The van der Waals surface area contributed by atoms with Gasteiger partial charge in [-0.1, -0.05) is 18.5 Å². The van der Waals surface area contributed by atoms with Crippen LogP contribution in [-0.2, 0) is 37.0 Å². The number of pyridine rings is 1. The van der Waals surface area contributed by atoms with Crippen molar-refractivity contribution in [3.8, 4) is 0 Å². The average molecular weight is 702 g/mol. The molecule has 4 N–H and O–H groups in total. The number of carbonyl (C=O) groups is 4. The molecule has 1 fully saturated rings. The van der Waals surface area contributed by atoms with Crippen LogP contribution in [0, 0.1) is 0 Å². The summed E-state index contributed by atoms with van der Waals surface area (Å²) in [5.74, 6) is -2.30. The molecule has 0 aliphatic carbocycles. The molecule has 3 aromatic heterocycles. The number of carbonyl (C=O) groups excluding carboxylic acids is 3. The van der Waals surface area contributed by atoms with Crippen LogP contribution in [0.4, 0.5) is 9.93 Å². The van der Waals surface area contributed by atoms with E-state index in [1.807, 2.05) is 34.4 Å². The van der Waals surface area contributed by atoms with E-state index in [-0.39, 0.29) is 41.6 Å². The van der Waals surface area contributed by atoms with Crippen molar-refractivity contribution in [3.05, 3.63) is 41.8 Å². The lowest BCUT2D eigenvalue weighted by Crippen LogP contribution is -2.71. The normalized spacial score (nSPS) is 17.6. The minimum atomic E-state index is -1.25. The van der Waals surface area contributed by atoms with Crippen molar-refractivity contribution >= 4 is 69.2 Å². The largest absolute Gasteiger partial charge is 0.477 e. The molecule has 0 saturated carbocycles. The fourth-order valence-corrected chi connectivity index (χ4v) is 7.00. The number of hydrogen-bond donors (Lipinski definition) is 3. The lowest BCUT2D eigenvalue weighted by Gasteiger charge is -2.49. The Bertz CT molecular complexity index is 1760. The Morgan fingerprint density at radius 2 is 2.10 bits per heavy atom. The number of fused-ring (bicyclic) bond motifs is 2. The Morgan fingerprint density at radius 1 is 1.29 bits per heavy atom. The van der Waals surface area contributed by atoms with Gasteiger partial charge in [0.2, 0.25) is 17.9 Å². The predicted molar refractivity (Wildman–Crippen MR) is 176 cm³/mol. The quantitative estimate of drug-likeness (QED) is 0.0671. The van der Waals surface area contributed by atoms with Gasteiger partial charge in [0.15, 0.2) is 5.13 Å². The number of β-lactam (4-membered cyclic amide) rings is 1. The number of aromatic nitrogens is 5. The summed E-state index contributed by atoms with van der Waals surface area (Å²) < 4.78 is 13.1. The van der Waals surface area contributed by atoms with Crippen molar-refractivity contribution in [1.29, 1.82) is 0 Å². The third-order valence-corrected chi connectivity index (χ3v) is 9.51. The number of imidazole rings is 1. The van der Waals surface area contributed by atoms with Crippen molar-refractivity contribution in [2.24, 2.45) is 5.16 Å². The van der Waals surface area contributed by atoms with E-state index >= 15 is 0 Å². The van der Waals surface area contributed by atoms with Gasteiger partial charge in [-0.2, -0.15) is 9.36 Å². The number of nitrogens with two attached hydrogens (primary N) is 1. The van der Waals surface area contributed by atoms with Gasteiger partial charge < -0.3 is 35.2 Å². The molecule has 256 valence electrons. The molecule has 48 heavy (non-hydrogen) atoms. The van der Waals surface area contributed by atoms with Crippen LogP contribution in [0.3, 0.4) is 0 Å². The number of carboxylic acid groups (broad SMARTS) is 1. The molecule has 0 aromatic carbocycles. The molecule has 19 heteroatoms. The summed E-state index contributed by atoms with van der Waals surface area (Å²) in [4.78, 5) is 67.5. The zero-order valence-electron chi connectivity index (χ0n) is 26.7. The summed E-state index contributed by atoms with van der Waals surface area (Å²) in [5.41, 5.74) is 7.31. The Kier molecular flexibility index (Phi) is 11.1. The van der Waals surface area contributed by atoms with Crippen LogP contribution in [0.2, 0.25) is 0 Å². The number of amides is 3. The van der Waals surface area contributed by atoms with Gasteiger partial charge in [-0.05, 0) is 36.9 Å². The summed E-state index contributed by atoms with van der Waals surface area (Å²) in [6.45, 7) is 5.60. The first kappa shape index (κ1) is 34.6. The average Bonchev–Trinajstić information content (AvgIpc) is 3.69. The number of thioether (sulfide) groups is 1. The molecule has 2 atom stereocenters. The number of aryl methyl sites for hydroxylation is 1. The minimum absolute atomic E-state index is 0.0414. The van der Waals surface area contributed by atoms with Crippen molar-refractivity contribution in [2.75, 3.05) is 38.3 Å². The summed E-state index contributed by atoms with van der Waals surface area (Å²) in [6, 6.07) is 2.78. The molecule has 2 aliphatic heterocycles. The van der Waals surface area contributed by atoms with E-state index in [1.165, 1.54) is 16.7 Å². The maximum absolute atomic E-state index is 13.3. The maximum Gasteiger partial charge on any atom is 0.409 e. The van der Waals surface area contributed by atoms with Gasteiger partial charge in [-0.15, -0.1) is 11.8 Å². The molecular formula is C29H37N10O7S2+. The Labute approximate surface area is 283 Å². The summed E-state index contributed by atoms with van der Waals surface area (Å²) in [5, 5.41) is 16.1. The van der Waals surface area contributed by atoms with E-state index in [2.05, 4.69) is 24.8 Å². The summed E-state index contributed by atoms with van der Waals surface area (Å²) in [6.07, 6.45) is 5.62. The minimum Gasteiger partial charge on any atom is -0.477 e. The number of ether oxygens (including phenoxy) is 1. The van der Waals surface area contributed by atoms with Crippen molar-refractivity contribution in [1.82, 2.24) is 34.0 Å². The number of nitrogen functional groups attached to an aromatic ring is 1. The first-order valence-corrected chi connectivity index (χ1v) is 17.2. The van der Waals surface area contributed by atoms with Gasteiger partial charge in [0.05, 0.1) is 12.8 Å². The monoisotopic (exact) mass is 701 g/mol. The van der Waals surface area contributed by atoms with Crippen molar-refractivity contribution in [2.45, 2.75) is 57.6 Å². The van der Waals surface area contributed by atoms with E-state index < -0.39 is 29.2 Å². The maximum atomic E-state index is 13.3. The third kappa shape index (κ3) is 7.35. The number of oxime groups is 1. The van der Waals surface area contributed by atoms with Crippen LogP contribution < -0.4 is 15.6 Å². The number of unbranched alkanes of at least 4 members (excludes halogenated alkanes) is 1. The van der Waals surface area contributed by atoms with Gasteiger partial charge in [0, 0.05) is 43.0 Å². The van der Waals surface area contributed by atoms with Gasteiger partial charge in [-0.3, -0.25) is 14.5 Å². The molecule has 0 bridgehead atoms. The van der Waals surface area contributed by atoms with E-state index in [4.69, 9.17) is 15.3 Å². The van der Waals surface area contributed by atoms with Gasteiger partial charge in [0.25, 0.3) is 11.8 Å². The van der Waals surface area contributed by atoms with Crippen LogP contribution in [0.5, 0.6) is 0 Å². The fraction of sp³-hybridized carbons (Fsp3) is 0.483. The Hall–Kier alpha value is -4.78. The van der Waals surface area contributed by atoms with Crippen molar-refractivity contribution < 1.29 is 38.4 Å². The number of rotatable bonds is 15. The number of hydrogen-bond acceptors (Lipinski definition) is 13. The lowest BCUT2D eigenvalue weighted by molar-refractivity contribution is -0.664. The van der Waals surface area contributed by atoms with Crippen LogP contribution in [0.25, 0.3) is 11.2 Å². The molecule has 17 nitrogen and oxygen atoms in total. The molecule has 3 aromatic rings. The summed E-state index contributed by atoms with van der Waals surface area (Å²) in [7, 11) is 1.71. The van der Waals surface area contributed by atoms with Gasteiger partial charge >= 0.3 is 17.7 Å². The molecule has 5 heterocycles. The highest BCUT2D eigenvalue weighted by atomic mass is 32.2. The van der Waals surface area contributed by atoms with E-state index in [1.54, 1.807) is 25.2 Å². The highest BCUT2D eigenvalue weighted by molar-refractivity contribution is 8.00. The first-order chi connectivity index (χ1) is 23.1. The predicted octanol–water partition coefficient (Wildman–Crippen LogP) is 1.20. The second-order valence-electron chi connectivity index (χ2n) is 11.0. The molecule has 2 unspecified atom stereocenters. The number of nitrogens with one attached hydrogen (secondary N) is 1. The fourth-order valence-electron chi connectivity index (χ4n) is 5.24. The number of aliphatic carboxylic acids is 1. The molecule has 3 amide bonds. The standard InChI is InChI=1S/C29H36N10O7S2/c1-4-6-13-45-29(44)36(3)10-8-12-38-16-31-23-18(38)9-7-11-37(23)14-17-15-47-26-20(25(41)39(26)21(17)27(42)43)32-24(40)19(34-46-5-2)22-33-28(30)48-35-22/h7,9,11,16,20,26H,4-6,8,10,12-15H2,1-3H3,(H3-,30,32,33,35,40,42,43)/p+1/b34-19+. The van der Waals surface area contributed by atoms with Crippen LogP contribution in [-0.4, -0.2) is 107 Å².